The molecule has 210 valence electrons. The molecule has 13 heteroatoms. The number of hydrogen-bond acceptors (Lipinski definition) is 6. The maximum Gasteiger partial charge on any atom is 0.326 e. The standard InChI is InChI=1S/C27H22Cl2F2N2O7/c28-17-3-1-4-18(29)16(17)12-38-15-9-7-14(8-10-15)11-21(27(36)37)32-25(34)23-24(40-13-39-23)26(35)33-22-19(30)5-2-6-20(22)31/h1-10,21,23-24H,11-13H2,(H,32,34)(H,33,35)(H,36,37)/t21?,23-,24-/m1/s1. The minimum atomic E-state index is -1.57. The van der Waals surface area contributed by atoms with E-state index in [1.54, 1.807) is 42.5 Å². The molecule has 0 aromatic heterocycles. The number of carbonyl (C=O) groups excluding carboxylic acids is 2. The lowest BCUT2D eigenvalue weighted by Crippen LogP contribution is -2.51. The van der Waals surface area contributed by atoms with E-state index in [1.807, 2.05) is 5.32 Å². The molecule has 0 bridgehead atoms. The van der Waals surface area contributed by atoms with Crippen LogP contribution in [0.25, 0.3) is 0 Å². The second-order valence-electron chi connectivity index (χ2n) is 8.61. The molecule has 3 aromatic rings. The van der Waals surface area contributed by atoms with Crippen molar-refractivity contribution >= 4 is 46.7 Å². The number of ether oxygens (including phenoxy) is 3. The molecule has 0 spiro atoms. The average molecular weight is 595 g/mol. The second-order valence-corrected chi connectivity index (χ2v) is 9.43. The summed E-state index contributed by atoms with van der Waals surface area (Å²) in [6.45, 7) is -0.345. The number of benzene rings is 3. The van der Waals surface area contributed by atoms with Crippen molar-refractivity contribution < 1.29 is 42.5 Å². The Labute approximate surface area is 236 Å². The number of halogens is 4. The predicted molar refractivity (Wildman–Crippen MR) is 140 cm³/mol. The summed E-state index contributed by atoms with van der Waals surface area (Å²) in [6.07, 6.45) is -3.23. The Balaban J connectivity index is 1.36. The van der Waals surface area contributed by atoms with E-state index in [0.29, 0.717) is 26.9 Å². The molecular weight excluding hydrogens is 573 g/mol. The zero-order valence-electron chi connectivity index (χ0n) is 20.5. The fourth-order valence-corrected chi connectivity index (χ4v) is 4.34. The van der Waals surface area contributed by atoms with E-state index in [-0.39, 0.29) is 13.0 Å². The van der Waals surface area contributed by atoms with Crippen LogP contribution in [0.5, 0.6) is 5.75 Å². The van der Waals surface area contributed by atoms with Gasteiger partial charge in [-0.15, -0.1) is 0 Å². The molecule has 3 atom stereocenters. The zero-order valence-corrected chi connectivity index (χ0v) is 22.0. The Hall–Kier alpha value is -3.77. The van der Waals surface area contributed by atoms with Crippen LogP contribution in [0.2, 0.25) is 10.0 Å². The predicted octanol–water partition coefficient (Wildman–Crippen LogP) is 4.34. The lowest BCUT2D eigenvalue weighted by atomic mass is 10.0. The number of anilines is 1. The van der Waals surface area contributed by atoms with Gasteiger partial charge in [0.05, 0.1) is 0 Å². The molecule has 1 unspecified atom stereocenters. The zero-order chi connectivity index (χ0) is 28.8. The van der Waals surface area contributed by atoms with Gasteiger partial charge in [-0.3, -0.25) is 9.59 Å². The summed E-state index contributed by atoms with van der Waals surface area (Å²) >= 11 is 12.3. The first-order valence-corrected chi connectivity index (χ1v) is 12.6. The van der Waals surface area contributed by atoms with Crippen molar-refractivity contribution in [1.29, 1.82) is 0 Å². The molecule has 40 heavy (non-hydrogen) atoms. The van der Waals surface area contributed by atoms with Crippen LogP contribution in [0.4, 0.5) is 14.5 Å². The van der Waals surface area contributed by atoms with Crippen LogP contribution >= 0.6 is 23.2 Å². The molecule has 2 amide bonds. The van der Waals surface area contributed by atoms with Gasteiger partial charge in [-0.05, 0) is 42.0 Å². The van der Waals surface area contributed by atoms with E-state index in [0.717, 1.165) is 18.2 Å². The largest absolute Gasteiger partial charge is 0.489 e. The molecule has 3 N–H and O–H groups in total. The van der Waals surface area contributed by atoms with Crippen molar-refractivity contribution in [3.63, 3.8) is 0 Å². The Kier molecular flexibility index (Phi) is 9.54. The fourth-order valence-electron chi connectivity index (χ4n) is 3.84. The monoisotopic (exact) mass is 594 g/mol. The maximum absolute atomic E-state index is 13.9. The van der Waals surface area contributed by atoms with Crippen LogP contribution in [-0.2, 0) is 36.9 Å². The van der Waals surface area contributed by atoms with Crippen molar-refractivity contribution in [3.8, 4) is 5.75 Å². The topological polar surface area (TPSA) is 123 Å². The van der Waals surface area contributed by atoms with Crippen molar-refractivity contribution in [2.24, 2.45) is 0 Å². The smallest absolute Gasteiger partial charge is 0.326 e. The van der Waals surface area contributed by atoms with E-state index in [1.165, 1.54) is 0 Å². The summed E-state index contributed by atoms with van der Waals surface area (Å²) in [5.74, 6) is -4.90. The van der Waals surface area contributed by atoms with Crippen LogP contribution in [0.3, 0.4) is 0 Å². The minimum absolute atomic E-state index is 0.109. The van der Waals surface area contributed by atoms with E-state index in [9.17, 15) is 28.3 Å². The number of aliphatic carboxylic acids is 1. The van der Waals surface area contributed by atoms with Gasteiger partial charge in [0.25, 0.3) is 11.8 Å². The molecule has 9 nitrogen and oxygen atoms in total. The number of nitrogens with one attached hydrogen (secondary N) is 2. The molecule has 0 aliphatic carbocycles. The van der Waals surface area contributed by atoms with Gasteiger partial charge in [0.1, 0.15) is 42.5 Å². The van der Waals surface area contributed by atoms with E-state index >= 15 is 0 Å². The molecule has 0 saturated carbocycles. The van der Waals surface area contributed by atoms with Gasteiger partial charge in [-0.1, -0.05) is 47.5 Å². The first-order valence-electron chi connectivity index (χ1n) is 11.8. The number of amides is 2. The third kappa shape index (κ3) is 7.05. The summed E-state index contributed by atoms with van der Waals surface area (Å²) in [7, 11) is 0. The molecule has 1 saturated heterocycles. The summed E-state index contributed by atoms with van der Waals surface area (Å²) < 4.78 is 43.8. The third-order valence-corrected chi connectivity index (χ3v) is 6.63. The molecule has 4 rings (SSSR count). The third-order valence-electron chi connectivity index (χ3n) is 5.92. The first-order chi connectivity index (χ1) is 19.1. The van der Waals surface area contributed by atoms with E-state index in [4.69, 9.17) is 37.4 Å². The van der Waals surface area contributed by atoms with Gasteiger partial charge in [-0.25, -0.2) is 13.6 Å². The molecule has 3 aromatic carbocycles. The maximum atomic E-state index is 13.9. The molecule has 1 aliphatic rings. The van der Waals surface area contributed by atoms with Crippen LogP contribution in [0, 0.1) is 11.6 Å². The van der Waals surface area contributed by atoms with Gasteiger partial charge in [0.15, 0.2) is 12.2 Å². The van der Waals surface area contributed by atoms with E-state index in [2.05, 4.69) is 5.32 Å². The van der Waals surface area contributed by atoms with Gasteiger partial charge in [0, 0.05) is 22.0 Å². The number of carbonyl (C=O) groups is 3. The molecule has 1 fully saturated rings. The highest BCUT2D eigenvalue weighted by atomic mass is 35.5. The van der Waals surface area contributed by atoms with Crippen molar-refractivity contribution in [2.75, 3.05) is 12.1 Å². The van der Waals surface area contributed by atoms with Crippen molar-refractivity contribution in [3.05, 3.63) is 93.5 Å². The highest BCUT2D eigenvalue weighted by molar-refractivity contribution is 6.35. The SMILES string of the molecule is O=C(O)C(Cc1ccc(OCc2c(Cl)cccc2Cl)cc1)NC(=O)[C@@H]1OCO[C@H]1C(=O)Nc1c(F)cccc1F. The number of para-hydroxylation sites is 1. The average Bonchev–Trinajstić information content (AvgIpc) is 3.41. The normalized spacial score (nSPS) is 17.2. The summed E-state index contributed by atoms with van der Waals surface area (Å²) in [5, 5.41) is 14.9. The fraction of sp³-hybridized carbons (Fsp3) is 0.222. The number of carboxylic acid groups (broad SMARTS) is 1. The van der Waals surface area contributed by atoms with Crippen molar-refractivity contribution in [2.45, 2.75) is 31.3 Å². The lowest BCUT2D eigenvalue weighted by Gasteiger charge is -2.20. The quantitative estimate of drug-likeness (QED) is 0.319. The van der Waals surface area contributed by atoms with Crippen LogP contribution in [-0.4, -0.2) is 47.9 Å². The van der Waals surface area contributed by atoms with Gasteiger partial charge >= 0.3 is 5.97 Å². The van der Waals surface area contributed by atoms with Gasteiger partial charge in [-0.2, -0.15) is 0 Å². The highest BCUT2D eigenvalue weighted by Gasteiger charge is 2.42. The Morgan fingerprint density at radius 1 is 0.925 bits per heavy atom. The van der Waals surface area contributed by atoms with Gasteiger partial charge < -0.3 is 30.0 Å². The second kappa shape index (κ2) is 13.1. The van der Waals surface area contributed by atoms with Crippen LogP contribution < -0.4 is 15.4 Å². The van der Waals surface area contributed by atoms with E-state index < -0.39 is 60.1 Å². The molecular formula is C27H22Cl2F2N2O7. The Morgan fingerprint density at radius 3 is 2.10 bits per heavy atom. The van der Waals surface area contributed by atoms with Crippen LogP contribution in [0.1, 0.15) is 11.1 Å². The molecule has 1 heterocycles. The van der Waals surface area contributed by atoms with Crippen LogP contribution in [0.15, 0.2) is 60.7 Å². The Bertz CT molecular complexity index is 1370. The number of carboxylic acids is 1. The lowest BCUT2D eigenvalue weighted by molar-refractivity contribution is -0.144. The van der Waals surface area contributed by atoms with Gasteiger partial charge in [0.2, 0.25) is 0 Å². The minimum Gasteiger partial charge on any atom is -0.489 e. The number of rotatable bonds is 10. The number of hydrogen-bond donors (Lipinski definition) is 3. The summed E-state index contributed by atoms with van der Waals surface area (Å²) in [5.41, 5.74) is 0.462. The molecule has 1 aliphatic heterocycles. The first kappa shape index (κ1) is 29.2. The van der Waals surface area contributed by atoms with Crippen molar-refractivity contribution in [1.82, 2.24) is 5.32 Å². The summed E-state index contributed by atoms with van der Waals surface area (Å²) in [4.78, 5) is 37.3. The highest BCUT2D eigenvalue weighted by Crippen LogP contribution is 2.26. The molecule has 0 radical (unpaired) electrons. The Morgan fingerprint density at radius 2 is 1.50 bits per heavy atom. The summed E-state index contributed by atoms with van der Waals surface area (Å²) in [6, 6.07) is 13.2.